The fourth-order valence-electron chi connectivity index (χ4n) is 2.45. The molecule has 114 valence electrons. The van der Waals surface area contributed by atoms with Gasteiger partial charge in [0, 0.05) is 17.1 Å². The van der Waals surface area contributed by atoms with Crippen molar-refractivity contribution in [2.24, 2.45) is 0 Å². The molecule has 0 unspecified atom stereocenters. The summed E-state index contributed by atoms with van der Waals surface area (Å²) < 4.78 is 39.7. The topological polar surface area (TPSA) is 93.6 Å². The Balaban J connectivity index is 2.36. The number of alkyl halides is 3. The third kappa shape index (κ3) is 2.12. The molecule has 5 N–H and O–H groups in total. The predicted molar refractivity (Wildman–Crippen MR) is 77.9 cm³/mol. The second-order valence-electron chi connectivity index (χ2n) is 4.97. The zero-order valence-corrected chi connectivity index (χ0v) is 11.5. The van der Waals surface area contributed by atoms with Crippen molar-refractivity contribution >= 4 is 22.4 Å². The lowest BCUT2D eigenvalue weighted by atomic mass is 9.96. The number of aromatic nitrogens is 3. The molecule has 3 aromatic rings. The molecule has 5 nitrogen and oxygen atoms in total. The molecule has 0 spiro atoms. The SMILES string of the molecule is Cc1cc(-c2c(C(F)(F)F)cnc(N)c2N)cc2cn[nH]c12. The number of nitrogens with one attached hydrogen (secondary N) is 1. The molecule has 0 fully saturated rings. The number of nitrogens with two attached hydrogens (primary N) is 2. The van der Waals surface area contributed by atoms with Crippen LogP contribution in [0, 0.1) is 6.92 Å². The zero-order chi connectivity index (χ0) is 16.1. The Bertz CT molecular complexity index is 867. The number of aromatic amines is 1. The van der Waals surface area contributed by atoms with Crippen molar-refractivity contribution in [1.82, 2.24) is 15.2 Å². The predicted octanol–water partition coefficient (Wildman–Crippen LogP) is 3.12. The van der Waals surface area contributed by atoms with Crippen molar-refractivity contribution in [1.29, 1.82) is 0 Å². The van der Waals surface area contributed by atoms with Crippen LogP contribution >= 0.6 is 0 Å². The molecule has 8 heteroatoms. The average molecular weight is 307 g/mol. The molecule has 1 aromatic carbocycles. The standard InChI is InChI=1S/C14H12F3N5/c1-6-2-7(3-8-4-21-22-12(6)8)10-9(14(15,16)17)5-20-13(19)11(10)18/h2-5H,18H2,1H3,(H2,19,20)(H,21,22). The Labute approximate surface area is 123 Å². The van der Waals surface area contributed by atoms with E-state index in [9.17, 15) is 13.2 Å². The molecule has 22 heavy (non-hydrogen) atoms. The van der Waals surface area contributed by atoms with Crippen molar-refractivity contribution in [3.63, 3.8) is 0 Å². The fourth-order valence-corrected chi connectivity index (χ4v) is 2.45. The first kappa shape index (κ1) is 14.2. The van der Waals surface area contributed by atoms with Gasteiger partial charge in [-0.3, -0.25) is 5.10 Å². The first-order valence-electron chi connectivity index (χ1n) is 6.34. The summed E-state index contributed by atoms with van der Waals surface area (Å²) in [5.74, 6) is -0.132. The number of halogens is 3. The first-order valence-corrected chi connectivity index (χ1v) is 6.34. The molecule has 0 aliphatic rings. The quantitative estimate of drug-likeness (QED) is 0.644. The summed E-state index contributed by atoms with van der Waals surface area (Å²) in [6, 6.07) is 3.20. The van der Waals surface area contributed by atoms with Crippen LogP contribution in [0.3, 0.4) is 0 Å². The largest absolute Gasteiger partial charge is 0.418 e. The maximum absolute atomic E-state index is 13.2. The normalized spacial score (nSPS) is 12.0. The van der Waals surface area contributed by atoms with Crippen LogP contribution in [-0.2, 0) is 6.18 Å². The number of nitrogen functional groups attached to an aromatic ring is 2. The lowest BCUT2D eigenvalue weighted by molar-refractivity contribution is -0.137. The van der Waals surface area contributed by atoms with E-state index in [-0.39, 0.29) is 17.1 Å². The second kappa shape index (κ2) is 4.62. The Morgan fingerprint density at radius 2 is 1.86 bits per heavy atom. The van der Waals surface area contributed by atoms with Crippen molar-refractivity contribution in [3.05, 3.63) is 35.7 Å². The summed E-state index contributed by atoms with van der Waals surface area (Å²) in [6.07, 6.45) is -2.33. The van der Waals surface area contributed by atoms with Crippen LogP contribution in [0.2, 0.25) is 0 Å². The van der Waals surface area contributed by atoms with Crippen LogP contribution in [-0.4, -0.2) is 15.2 Å². The van der Waals surface area contributed by atoms with E-state index < -0.39 is 11.7 Å². The molecular weight excluding hydrogens is 295 g/mol. The van der Waals surface area contributed by atoms with Gasteiger partial charge in [0.15, 0.2) is 0 Å². The van der Waals surface area contributed by atoms with E-state index in [0.29, 0.717) is 17.1 Å². The molecule has 0 aliphatic carbocycles. The second-order valence-corrected chi connectivity index (χ2v) is 4.97. The van der Waals surface area contributed by atoms with Crippen molar-refractivity contribution < 1.29 is 13.2 Å². The highest BCUT2D eigenvalue weighted by Crippen LogP contribution is 2.42. The molecule has 2 aromatic heterocycles. The number of fused-ring (bicyclic) bond motifs is 1. The van der Waals surface area contributed by atoms with Gasteiger partial charge in [-0.25, -0.2) is 4.98 Å². The highest BCUT2D eigenvalue weighted by Gasteiger charge is 2.36. The molecule has 0 saturated heterocycles. The van der Waals surface area contributed by atoms with E-state index >= 15 is 0 Å². The zero-order valence-electron chi connectivity index (χ0n) is 11.5. The average Bonchev–Trinajstić information content (AvgIpc) is 2.89. The summed E-state index contributed by atoms with van der Waals surface area (Å²) in [7, 11) is 0. The molecular formula is C14H12F3N5. The molecule has 0 atom stereocenters. The number of hydrogen-bond donors (Lipinski definition) is 3. The Morgan fingerprint density at radius 1 is 1.14 bits per heavy atom. The van der Waals surface area contributed by atoms with E-state index in [2.05, 4.69) is 15.2 Å². The van der Waals surface area contributed by atoms with Gasteiger partial charge in [-0.2, -0.15) is 18.3 Å². The number of rotatable bonds is 1. The Morgan fingerprint density at radius 3 is 2.55 bits per heavy atom. The van der Waals surface area contributed by atoms with Crippen LogP contribution < -0.4 is 11.5 Å². The first-order chi connectivity index (χ1) is 10.3. The third-order valence-corrected chi connectivity index (χ3v) is 3.49. The molecule has 0 bridgehead atoms. The number of benzene rings is 1. The van der Waals surface area contributed by atoms with Gasteiger partial charge in [0.05, 0.1) is 23.0 Å². The van der Waals surface area contributed by atoms with E-state index in [4.69, 9.17) is 11.5 Å². The van der Waals surface area contributed by atoms with Crippen LogP contribution in [0.15, 0.2) is 24.5 Å². The number of hydrogen-bond acceptors (Lipinski definition) is 4. The molecule has 0 aliphatic heterocycles. The van der Waals surface area contributed by atoms with Gasteiger partial charge in [-0.1, -0.05) is 0 Å². The number of H-pyrrole nitrogens is 1. The van der Waals surface area contributed by atoms with Crippen LogP contribution in [0.25, 0.3) is 22.0 Å². The summed E-state index contributed by atoms with van der Waals surface area (Å²) in [4.78, 5) is 3.52. The van der Waals surface area contributed by atoms with E-state index in [1.54, 1.807) is 25.3 Å². The smallest absolute Gasteiger partial charge is 0.395 e. The Hall–Kier alpha value is -2.77. The van der Waals surface area contributed by atoms with Gasteiger partial charge in [-0.05, 0) is 30.2 Å². The molecule has 0 radical (unpaired) electrons. The lowest BCUT2D eigenvalue weighted by Crippen LogP contribution is -2.12. The van der Waals surface area contributed by atoms with Gasteiger partial charge in [0.25, 0.3) is 0 Å². The monoisotopic (exact) mass is 307 g/mol. The summed E-state index contributed by atoms with van der Waals surface area (Å²) >= 11 is 0. The van der Waals surface area contributed by atoms with Crippen molar-refractivity contribution in [2.75, 3.05) is 11.5 Å². The van der Waals surface area contributed by atoms with E-state index in [1.807, 2.05) is 0 Å². The number of anilines is 2. The molecule has 0 amide bonds. The minimum absolute atomic E-state index is 0.132. The van der Waals surface area contributed by atoms with Gasteiger partial charge in [0.1, 0.15) is 5.82 Å². The number of pyridine rings is 1. The number of nitrogens with zero attached hydrogens (tertiary/aromatic N) is 2. The maximum Gasteiger partial charge on any atom is 0.418 e. The van der Waals surface area contributed by atoms with Crippen molar-refractivity contribution in [2.45, 2.75) is 13.1 Å². The number of aryl methyl sites for hydroxylation is 1. The summed E-state index contributed by atoms with van der Waals surface area (Å²) in [5, 5.41) is 7.38. The highest BCUT2D eigenvalue weighted by molar-refractivity contribution is 5.92. The summed E-state index contributed by atoms with van der Waals surface area (Å²) in [5.41, 5.74) is 11.9. The summed E-state index contributed by atoms with van der Waals surface area (Å²) in [6.45, 7) is 1.78. The van der Waals surface area contributed by atoms with Crippen LogP contribution in [0.1, 0.15) is 11.1 Å². The lowest BCUT2D eigenvalue weighted by Gasteiger charge is -2.16. The molecule has 0 saturated carbocycles. The molecule has 2 heterocycles. The maximum atomic E-state index is 13.2. The fraction of sp³-hybridized carbons (Fsp3) is 0.143. The van der Waals surface area contributed by atoms with Gasteiger partial charge in [0.2, 0.25) is 0 Å². The van der Waals surface area contributed by atoms with Crippen LogP contribution in [0.4, 0.5) is 24.7 Å². The van der Waals surface area contributed by atoms with Crippen molar-refractivity contribution in [3.8, 4) is 11.1 Å². The van der Waals surface area contributed by atoms with E-state index in [1.165, 1.54) is 0 Å². The minimum atomic E-state index is -4.58. The highest BCUT2D eigenvalue weighted by atomic mass is 19.4. The van der Waals surface area contributed by atoms with Gasteiger partial charge in [-0.15, -0.1) is 0 Å². The van der Waals surface area contributed by atoms with Gasteiger partial charge >= 0.3 is 6.18 Å². The third-order valence-electron chi connectivity index (χ3n) is 3.49. The Kier molecular flexibility index (Phi) is 2.98. The van der Waals surface area contributed by atoms with Crippen LogP contribution in [0.5, 0.6) is 0 Å². The van der Waals surface area contributed by atoms with E-state index in [0.717, 1.165) is 11.1 Å². The molecule has 3 rings (SSSR count). The minimum Gasteiger partial charge on any atom is -0.395 e. The van der Waals surface area contributed by atoms with Gasteiger partial charge < -0.3 is 11.5 Å².